The summed E-state index contributed by atoms with van der Waals surface area (Å²) in [7, 11) is 0. The SMILES string of the molecule is CCNC(=NCCC(=O)N1CCCC(C)C1)N1CCN(C(C)C(=O)N2CCCC2)CC1. The maximum absolute atomic E-state index is 12.7. The highest BCUT2D eigenvalue weighted by molar-refractivity contribution is 5.82. The Balaban J connectivity index is 1.46. The third-order valence-corrected chi connectivity index (χ3v) is 6.87. The van der Waals surface area contributed by atoms with E-state index in [1.807, 2.05) is 16.7 Å². The Labute approximate surface area is 188 Å². The average Bonchev–Trinajstić information content (AvgIpc) is 3.32. The van der Waals surface area contributed by atoms with E-state index in [0.717, 1.165) is 84.1 Å². The predicted molar refractivity (Wildman–Crippen MR) is 124 cm³/mol. The number of hydrogen-bond donors (Lipinski definition) is 1. The minimum atomic E-state index is -0.0515. The zero-order valence-electron chi connectivity index (χ0n) is 19.8. The summed E-state index contributed by atoms with van der Waals surface area (Å²) in [5, 5.41) is 3.38. The van der Waals surface area contributed by atoms with Crippen molar-refractivity contribution in [2.24, 2.45) is 10.9 Å². The van der Waals surface area contributed by atoms with Gasteiger partial charge in [0.05, 0.1) is 12.6 Å². The van der Waals surface area contributed by atoms with Crippen molar-refractivity contribution in [2.45, 2.75) is 58.9 Å². The second-order valence-electron chi connectivity index (χ2n) is 9.30. The Morgan fingerprint density at radius 2 is 1.65 bits per heavy atom. The summed E-state index contributed by atoms with van der Waals surface area (Å²) < 4.78 is 0. The fourth-order valence-corrected chi connectivity index (χ4v) is 4.94. The molecule has 0 bridgehead atoms. The van der Waals surface area contributed by atoms with Crippen molar-refractivity contribution in [3.8, 4) is 0 Å². The molecule has 3 aliphatic rings. The lowest BCUT2D eigenvalue weighted by Crippen LogP contribution is -2.57. The molecule has 3 aliphatic heterocycles. The van der Waals surface area contributed by atoms with Crippen LogP contribution in [0.4, 0.5) is 0 Å². The number of guanidine groups is 1. The molecule has 2 amide bonds. The van der Waals surface area contributed by atoms with E-state index in [0.29, 0.717) is 18.9 Å². The summed E-state index contributed by atoms with van der Waals surface area (Å²) in [5.41, 5.74) is 0. The molecule has 31 heavy (non-hydrogen) atoms. The third-order valence-electron chi connectivity index (χ3n) is 6.87. The molecular weight excluding hydrogens is 392 g/mol. The van der Waals surface area contributed by atoms with Crippen LogP contribution in [0.3, 0.4) is 0 Å². The van der Waals surface area contributed by atoms with Crippen molar-refractivity contribution in [1.29, 1.82) is 0 Å². The number of piperidine rings is 1. The lowest BCUT2D eigenvalue weighted by Gasteiger charge is -2.39. The smallest absolute Gasteiger partial charge is 0.239 e. The molecule has 8 heteroatoms. The Bertz CT molecular complexity index is 626. The molecule has 0 aromatic heterocycles. The number of nitrogens with zero attached hydrogens (tertiary/aromatic N) is 5. The van der Waals surface area contributed by atoms with Gasteiger partial charge in [0.15, 0.2) is 5.96 Å². The normalized spacial score (nSPS) is 24.4. The first-order valence-corrected chi connectivity index (χ1v) is 12.3. The molecule has 0 aromatic carbocycles. The van der Waals surface area contributed by atoms with E-state index in [1.54, 1.807) is 0 Å². The molecule has 3 fully saturated rings. The summed E-state index contributed by atoms with van der Waals surface area (Å²) in [4.78, 5) is 38.6. The molecule has 0 radical (unpaired) electrons. The zero-order chi connectivity index (χ0) is 22.2. The van der Waals surface area contributed by atoms with Crippen LogP contribution in [0.2, 0.25) is 0 Å². The van der Waals surface area contributed by atoms with E-state index in [2.05, 4.69) is 29.0 Å². The van der Waals surface area contributed by atoms with Crippen LogP contribution in [0, 0.1) is 5.92 Å². The standard InChI is InChI=1S/C23H42N6O2/c1-4-24-23(25-10-9-21(30)29-13-7-8-19(2)18-29)28-16-14-26(15-17-28)20(3)22(31)27-11-5-6-12-27/h19-20H,4-18H2,1-3H3,(H,24,25). The first-order chi connectivity index (χ1) is 15.0. The molecule has 3 rings (SSSR count). The van der Waals surface area contributed by atoms with Crippen LogP contribution in [0.15, 0.2) is 4.99 Å². The molecule has 0 spiro atoms. The summed E-state index contributed by atoms with van der Waals surface area (Å²) in [6, 6.07) is -0.0515. The number of piperazine rings is 1. The van der Waals surface area contributed by atoms with Gasteiger partial charge in [0.25, 0.3) is 0 Å². The molecule has 1 N–H and O–H groups in total. The summed E-state index contributed by atoms with van der Waals surface area (Å²) >= 11 is 0. The number of nitrogens with one attached hydrogen (secondary N) is 1. The third kappa shape index (κ3) is 6.57. The lowest BCUT2D eigenvalue weighted by atomic mass is 10.00. The summed E-state index contributed by atoms with van der Waals surface area (Å²) in [6.07, 6.45) is 5.08. The fraction of sp³-hybridized carbons (Fsp3) is 0.870. The van der Waals surface area contributed by atoms with Gasteiger partial charge in [0.2, 0.25) is 11.8 Å². The first-order valence-electron chi connectivity index (χ1n) is 12.3. The van der Waals surface area contributed by atoms with Gasteiger partial charge in [-0.2, -0.15) is 0 Å². The highest BCUT2D eigenvalue weighted by Crippen LogP contribution is 2.16. The van der Waals surface area contributed by atoms with E-state index in [4.69, 9.17) is 4.99 Å². The second-order valence-corrected chi connectivity index (χ2v) is 9.30. The molecular formula is C23H42N6O2. The van der Waals surface area contributed by atoms with Crippen LogP contribution in [-0.2, 0) is 9.59 Å². The zero-order valence-corrected chi connectivity index (χ0v) is 19.8. The Hall–Kier alpha value is -1.83. The summed E-state index contributed by atoms with van der Waals surface area (Å²) in [6.45, 7) is 14.7. The Kier molecular flexibility index (Phi) is 8.99. The van der Waals surface area contributed by atoms with Crippen LogP contribution in [-0.4, -0.2) is 109 Å². The van der Waals surface area contributed by atoms with Gasteiger partial charge in [0, 0.05) is 65.3 Å². The van der Waals surface area contributed by atoms with Crippen molar-refractivity contribution < 1.29 is 9.59 Å². The minimum absolute atomic E-state index is 0.0515. The molecule has 3 heterocycles. The van der Waals surface area contributed by atoms with Crippen LogP contribution in [0.25, 0.3) is 0 Å². The number of carbonyl (C=O) groups excluding carboxylic acids is 2. The molecule has 0 saturated carbocycles. The maximum atomic E-state index is 12.7. The molecule has 2 atom stereocenters. The highest BCUT2D eigenvalue weighted by atomic mass is 16.2. The van der Waals surface area contributed by atoms with Gasteiger partial charge in [-0.15, -0.1) is 0 Å². The minimum Gasteiger partial charge on any atom is -0.357 e. The van der Waals surface area contributed by atoms with Crippen molar-refractivity contribution in [1.82, 2.24) is 24.9 Å². The van der Waals surface area contributed by atoms with Crippen LogP contribution in [0.1, 0.15) is 52.9 Å². The van der Waals surface area contributed by atoms with E-state index in [1.165, 1.54) is 6.42 Å². The largest absolute Gasteiger partial charge is 0.357 e. The monoisotopic (exact) mass is 434 g/mol. The number of hydrogen-bond acceptors (Lipinski definition) is 4. The van der Waals surface area contributed by atoms with E-state index in [-0.39, 0.29) is 17.9 Å². The van der Waals surface area contributed by atoms with Gasteiger partial charge < -0.3 is 20.0 Å². The molecule has 0 aliphatic carbocycles. The molecule has 2 unspecified atom stereocenters. The average molecular weight is 435 g/mol. The van der Waals surface area contributed by atoms with Crippen LogP contribution < -0.4 is 5.32 Å². The summed E-state index contributed by atoms with van der Waals surface area (Å²) in [5.74, 6) is 2.00. The number of likely N-dealkylation sites (tertiary alicyclic amines) is 2. The first kappa shape index (κ1) is 23.8. The lowest BCUT2D eigenvalue weighted by molar-refractivity contribution is -0.136. The van der Waals surface area contributed by atoms with Crippen molar-refractivity contribution >= 4 is 17.8 Å². The van der Waals surface area contributed by atoms with Gasteiger partial charge >= 0.3 is 0 Å². The quantitative estimate of drug-likeness (QED) is 0.503. The van der Waals surface area contributed by atoms with Crippen molar-refractivity contribution in [2.75, 3.05) is 65.4 Å². The highest BCUT2D eigenvalue weighted by Gasteiger charge is 2.30. The predicted octanol–water partition coefficient (Wildman–Crippen LogP) is 1.23. The van der Waals surface area contributed by atoms with Gasteiger partial charge in [-0.3, -0.25) is 19.5 Å². The number of carbonyl (C=O) groups is 2. The topological polar surface area (TPSA) is 71.5 Å². The molecule has 176 valence electrons. The number of aliphatic imine (C=N–C) groups is 1. The van der Waals surface area contributed by atoms with Gasteiger partial charge in [-0.05, 0) is 45.4 Å². The number of amides is 2. The fourth-order valence-electron chi connectivity index (χ4n) is 4.94. The Morgan fingerprint density at radius 1 is 0.968 bits per heavy atom. The van der Waals surface area contributed by atoms with Crippen molar-refractivity contribution in [3.63, 3.8) is 0 Å². The van der Waals surface area contributed by atoms with Gasteiger partial charge in [-0.1, -0.05) is 6.92 Å². The van der Waals surface area contributed by atoms with Crippen LogP contribution >= 0.6 is 0 Å². The van der Waals surface area contributed by atoms with Gasteiger partial charge in [0.1, 0.15) is 0 Å². The Morgan fingerprint density at radius 3 is 2.29 bits per heavy atom. The van der Waals surface area contributed by atoms with Gasteiger partial charge in [-0.25, -0.2) is 0 Å². The maximum Gasteiger partial charge on any atom is 0.239 e. The second kappa shape index (κ2) is 11.7. The molecule has 8 nitrogen and oxygen atoms in total. The molecule has 3 saturated heterocycles. The van der Waals surface area contributed by atoms with E-state index >= 15 is 0 Å². The van der Waals surface area contributed by atoms with Crippen molar-refractivity contribution in [3.05, 3.63) is 0 Å². The molecule has 0 aromatic rings. The van der Waals surface area contributed by atoms with Crippen LogP contribution in [0.5, 0.6) is 0 Å². The van der Waals surface area contributed by atoms with E-state index in [9.17, 15) is 9.59 Å². The number of rotatable bonds is 6. The van der Waals surface area contributed by atoms with E-state index < -0.39 is 0 Å².